The fourth-order valence-electron chi connectivity index (χ4n) is 2.86. The lowest BCUT2D eigenvalue weighted by molar-refractivity contribution is -0.130. The number of imidazole rings is 2. The topological polar surface area (TPSA) is 83.8 Å². The molecule has 0 bridgehead atoms. The maximum atomic E-state index is 11.7. The lowest BCUT2D eigenvalue weighted by Crippen LogP contribution is -2.09. The number of aliphatic carboxylic acids is 1. The lowest BCUT2D eigenvalue weighted by Gasteiger charge is -2.12. The highest BCUT2D eigenvalue weighted by atomic mass is 35.5. The van der Waals surface area contributed by atoms with Gasteiger partial charge in [-0.05, 0) is 24.1 Å². The summed E-state index contributed by atoms with van der Waals surface area (Å²) >= 11 is 6.33. The van der Waals surface area contributed by atoms with Gasteiger partial charge in [0.15, 0.2) is 0 Å². The van der Waals surface area contributed by atoms with E-state index >= 15 is 0 Å². The molecule has 3 aromatic rings. The highest BCUT2D eigenvalue weighted by Gasteiger charge is 2.16. The van der Waals surface area contributed by atoms with Crippen molar-refractivity contribution in [2.24, 2.45) is 0 Å². The fraction of sp³-hybridized carbons (Fsp3) is 0.250. The van der Waals surface area contributed by atoms with Crippen molar-refractivity contribution in [1.29, 1.82) is 0 Å². The number of carboxylic acids is 1. The molecule has 6 nitrogen and oxygen atoms in total. The second kappa shape index (κ2) is 8.68. The zero-order chi connectivity index (χ0) is 19.2. The van der Waals surface area contributed by atoms with E-state index < -0.39 is 5.97 Å². The SMILES string of the molecule is CCCCc1ncc(/C=C(/C(=O)O)c2cnc[nH]2)n1Cc1ccccc1Cl. The molecule has 0 aliphatic heterocycles. The number of rotatable bonds is 8. The van der Waals surface area contributed by atoms with Crippen LogP contribution in [0.4, 0.5) is 0 Å². The van der Waals surface area contributed by atoms with E-state index in [-0.39, 0.29) is 5.57 Å². The molecule has 7 heteroatoms. The van der Waals surface area contributed by atoms with Gasteiger partial charge in [0, 0.05) is 11.4 Å². The zero-order valence-corrected chi connectivity index (χ0v) is 15.8. The maximum Gasteiger partial charge on any atom is 0.337 e. The number of benzene rings is 1. The van der Waals surface area contributed by atoms with E-state index in [4.69, 9.17) is 11.6 Å². The minimum Gasteiger partial charge on any atom is -0.478 e. The van der Waals surface area contributed by atoms with Crippen LogP contribution >= 0.6 is 11.6 Å². The van der Waals surface area contributed by atoms with Crippen molar-refractivity contribution in [3.63, 3.8) is 0 Å². The van der Waals surface area contributed by atoms with Crippen LogP contribution in [0.25, 0.3) is 11.6 Å². The Balaban J connectivity index is 2.04. The Kier molecular flexibility index (Phi) is 6.08. The van der Waals surface area contributed by atoms with Gasteiger partial charge in [-0.3, -0.25) is 0 Å². The number of nitrogens with one attached hydrogen (secondary N) is 1. The maximum absolute atomic E-state index is 11.7. The summed E-state index contributed by atoms with van der Waals surface area (Å²) in [5.74, 6) is -0.114. The first-order valence-corrected chi connectivity index (χ1v) is 9.19. The van der Waals surface area contributed by atoms with E-state index in [1.807, 2.05) is 28.8 Å². The molecule has 3 rings (SSSR count). The first kappa shape index (κ1) is 18.9. The molecule has 1 aromatic carbocycles. The van der Waals surface area contributed by atoms with Crippen LogP contribution in [-0.2, 0) is 17.8 Å². The second-order valence-electron chi connectivity index (χ2n) is 6.21. The average Bonchev–Trinajstić information content (AvgIpc) is 3.30. The van der Waals surface area contributed by atoms with Crippen LogP contribution in [-0.4, -0.2) is 30.6 Å². The number of aryl methyl sites for hydroxylation is 1. The Morgan fingerprint density at radius 2 is 2.15 bits per heavy atom. The number of halogens is 1. The van der Waals surface area contributed by atoms with E-state index in [2.05, 4.69) is 21.9 Å². The third kappa shape index (κ3) is 4.46. The molecule has 0 aliphatic carbocycles. The quantitative estimate of drug-likeness (QED) is 0.568. The van der Waals surface area contributed by atoms with Gasteiger partial charge in [0.2, 0.25) is 0 Å². The van der Waals surface area contributed by atoms with Crippen molar-refractivity contribution in [2.45, 2.75) is 32.7 Å². The predicted molar refractivity (Wildman–Crippen MR) is 105 cm³/mol. The molecule has 2 heterocycles. The monoisotopic (exact) mass is 384 g/mol. The van der Waals surface area contributed by atoms with Gasteiger partial charge in [0.1, 0.15) is 5.82 Å². The average molecular weight is 385 g/mol. The number of carboxylic acid groups (broad SMARTS) is 1. The van der Waals surface area contributed by atoms with Gasteiger partial charge in [-0.2, -0.15) is 0 Å². The highest BCUT2D eigenvalue weighted by molar-refractivity contribution is 6.31. The third-order valence-electron chi connectivity index (χ3n) is 4.32. The number of hydrogen-bond donors (Lipinski definition) is 2. The first-order valence-electron chi connectivity index (χ1n) is 8.81. The number of carbonyl (C=O) groups is 1. The van der Waals surface area contributed by atoms with Gasteiger partial charge in [-0.15, -0.1) is 0 Å². The summed E-state index contributed by atoms with van der Waals surface area (Å²) in [6.07, 6.45) is 9.16. The summed E-state index contributed by atoms with van der Waals surface area (Å²) in [5.41, 5.74) is 2.26. The molecule has 0 spiro atoms. The number of aromatic nitrogens is 4. The molecule has 0 saturated carbocycles. The molecular formula is C20H21ClN4O2. The molecular weight excluding hydrogens is 364 g/mol. The van der Waals surface area contributed by atoms with Crippen LogP contribution in [0.15, 0.2) is 43.0 Å². The van der Waals surface area contributed by atoms with Crippen LogP contribution < -0.4 is 0 Å². The Morgan fingerprint density at radius 3 is 2.81 bits per heavy atom. The third-order valence-corrected chi connectivity index (χ3v) is 4.69. The number of hydrogen-bond acceptors (Lipinski definition) is 3. The Labute approximate surface area is 162 Å². The van der Waals surface area contributed by atoms with Gasteiger partial charge >= 0.3 is 5.97 Å². The van der Waals surface area contributed by atoms with Gasteiger partial charge in [-0.25, -0.2) is 14.8 Å². The molecule has 0 amide bonds. The first-order chi connectivity index (χ1) is 13.1. The molecule has 0 fully saturated rings. The van der Waals surface area contributed by atoms with Crippen LogP contribution in [0.3, 0.4) is 0 Å². The summed E-state index contributed by atoms with van der Waals surface area (Å²) < 4.78 is 2.02. The summed E-state index contributed by atoms with van der Waals surface area (Å²) in [6, 6.07) is 7.64. The summed E-state index contributed by atoms with van der Waals surface area (Å²) in [4.78, 5) is 23.0. The minimum absolute atomic E-state index is 0.134. The largest absolute Gasteiger partial charge is 0.478 e. The summed E-state index contributed by atoms with van der Waals surface area (Å²) in [5, 5.41) is 10.3. The zero-order valence-electron chi connectivity index (χ0n) is 15.0. The van der Waals surface area contributed by atoms with E-state index in [0.717, 1.165) is 30.7 Å². The molecule has 0 saturated heterocycles. The second-order valence-corrected chi connectivity index (χ2v) is 6.62. The van der Waals surface area contributed by atoms with Crippen LogP contribution in [0, 0.1) is 0 Å². The van der Waals surface area contributed by atoms with Crippen LogP contribution in [0.2, 0.25) is 5.02 Å². The fourth-order valence-corrected chi connectivity index (χ4v) is 3.06. The number of aromatic amines is 1. The molecule has 2 aromatic heterocycles. The smallest absolute Gasteiger partial charge is 0.337 e. The number of nitrogens with zero attached hydrogens (tertiary/aromatic N) is 3. The molecule has 0 radical (unpaired) electrons. The number of unbranched alkanes of at least 4 members (excludes halogenated alkanes) is 1. The van der Waals surface area contributed by atoms with Gasteiger partial charge in [0.25, 0.3) is 0 Å². The van der Waals surface area contributed by atoms with Crippen molar-refractivity contribution >= 4 is 29.2 Å². The van der Waals surface area contributed by atoms with E-state index in [1.165, 1.54) is 12.5 Å². The normalized spacial score (nSPS) is 11.7. The highest BCUT2D eigenvalue weighted by Crippen LogP contribution is 2.22. The van der Waals surface area contributed by atoms with Gasteiger partial charge in [-0.1, -0.05) is 43.1 Å². The van der Waals surface area contributed by atoms with E-state index in [0.29, 0.717) is 23.0 Å². The Morgan fingerprint density at radius 1 is 1.33 bits per heavy atom. The molecule has 140 valence electrons. The number of H-pyrrole nitrogens is 1. The van der Waals surface area contributed by atoms with Crippen LogP contribution in [0.5, 0.6) is 0 Å². The Bertz CT molecular complexity index is 945. The molecule has 0 atom stereocenters. The van der Waals surface area contributed by atoms with Gasteiger partial charge in [0.05, 0.1) is 42.2 Å². The summed E-state index contributed by atoms with van der Waals surface area (Å²) in [6.45, 7) is 2.66. The lowest BCUT2D eigenvalue weighted by atomic mass is 10.1. The standard InChI is InChI=1S/C20H21ClN4O2/c1-2-3-8-19-23-10-15(9-16(20(26)27)18-11-22-13-24-18)25(19)12-14-6-4-5-7-17(14)21/h4-7,9-11,13H,2-3,8,12H2,1H3,(H,22,24)(H,26,27)/b16-9+. The van der Waals surface area contributed by atoms with Crippen molar-refractivity contribution < 1.29 is 9.90 Å². The van der Waals surface area contributed by atoms with Gasteiger partial charge < -0.3 is 14.7 Å². The minimum atomic E-state index is -1.03. The van der Waals surface area contributed by atoms with E-state index in [9.17, 15) is 9.90 Å². The molecule has 0 unspecified atom stereocenters. The molecule has 0 aliphatic rings. The van der Waals surface area contributed by atoms with Crippen molar-refractivity contribution in [1.82, 2.24) is 19.5 Å². The van der Waals surface area contributed by atoms with Crippen molar-refractivity contribution in [3.05, 3.63) is 70.8 Å². The predicted octanol–water partition coefficient (Wildman–Crippen LogP) is 4.28. The molecule has 27 heavy (non-hydrogen) atoms. The van der Waals surface area contributed by atoms with Crippen molar-refractivity contribution in [3.8, 4) is 0 Å². The summed E-state index contributed by atoms with van der Waals surface area (Å²) in [7, 11) is 0. The Hall–Kier alpha value is -2.86. The van der Waals surface area contributed by atoms with Crippen molar-refractivity contribution in [2.75, 3.05) is 0 Å². The molecule has 2 N–H and O–H groups in total. The van der Waals surface area contributed by atoms with Crippen LogP contribution in [0.1, 0.15) is 42.5 Å². The van der Waals surface area contributed by atoms with E-state index in [1.54, 1.807) is 12.3 Å².